The second-order valence-corrected chi connectivity index (χ2v) is 15.6. The van der Waals surface area contributed by atoms with Crippen molar-refractivity contribution in [2.45, 2.75) is 79.9 Å². The molecule has 2 heterocycles. The second kappa shape index (κ2) is 15.2. The lowest BCUT2D eigenvalue weighted by molar-refractivity contribution is -0.438. The number of carbonyl (C=O) groups is 1. The molecule has 2 N–H and O–H groups in total. The maximum absolute atomic E-state index is 12.1. The van der Waals surface area contributed by atoms with Crippen LogP contribution in [0.2, 0.25) is 0 Å². The molecule has 2 atom stereocenters. The summed E-state index contributed by atoms with van der Waals surface area (Å²) in [5.41, 5.74) is 3.38. The number of likely N-dealkylation sites (N-methyl/N-ethyl adjacent to an activating group) is 1. The zero-order chi connectivity index (χ0) is 36.2. The summed E-state index contributed by atoms with van der Waals surface area (Å²) in [7, 11) is -5.97. The number of hydrogen-bond acceptors (Lipinski definition) is 9. The van der Waals surface area contributed by atoms with Crippen molar-refractivity contribution in [1.82, 2.24) is 0 Å². The number of fused-ring (bicyclic) bond motifs is 2. The molecule has 4 rings (SSSR count). The quantitative estimate of drug-likeness (QED) is 0.126. The Labute approximate surface area is 289 Å². The summed E-state index contributed by atoms with van der Waals surface area (Å²) in [6, 6.07) is 9.04. The molecular formula is C35H46N2O10S2. The Morgan fingerprint density at radius 3 is 2.16 bits per heavy atom. The van der Waals surface area contributed by atoms with Gasteiger partial charge in [-0.25, -0.2) is 8.42 Å². The summed E-state index contributed by atoms with van der Waals surface area (Å²) in [5, 5.41) is 9.09. The molecule has 0 aliphatic carbocycles. The van der Waals surface area contributed by atoms with Crippen LogP contribution >= 0.6 is 0 Å². The summed E-state index contributed by atoms with van der Waals surface area (Å²) in [4.78, 5) is 12.7. The second-order valence-electron chi connectivity index (χ2n) is 12.8. The van der Waals surface area contributed by atoms with E-state index >= 15 is 0 Å². The topological polar surface area (TPSA) is 174 Å². The van der Waals surface area contributed by atoms with Gasteiger partial charge in [-0.15, -0.1) is 0 Å². The Morgan fingerprint density at radius 2 is 1.57 bits per heavy atom. The maximum Gasteiger partial charge on any atom is 0.303 e. The third-order valence-electron chi connectivity index (χ3n) is 9.71. The highest BCUT2D eigenvalue weighted by atomic mass is 32.2. The van der Waals surface area contributed by atoms with Crippen LogP contribution < -0.4 is 4.90 Å². The number of benzene rings is 2. The molecule has 0 bridgehead atoms. The predicted molar refractivity (Wildman–Crippen MR) is 184 cm³/mol. The fraction of sp³-hybridized carbons (Fsp3) is 0.486. The van der Waals surface area contributed by atoms with E-state index in [1.807, 2.05) is 39.0 Å². The van der Waals surface area contributed by atoms with Gasteiger partial charge in [-0.2, -0.15) is 13.0 Å². The molecule has 14 heteroatoms. The molecule has 2 aromatic rings. The molecule has 0 aromatic heterocycles. The Morgan fingerprint density at radius 1 is 0.939 bits per heavy atom. The first-order chi connectivity index (χ1) is 23.0. The first-order valence-electron chi connectivity index (χ1n) is 16.3. The smallest absolute Gasteiger partial charge is 0.303 e. The molecule has 2 aromatic carbocycles. The molecule has 0 amide bonds. The molecule has 0 saturated carbocycles. The number of methoxy groups -OCH3 is 2. The number of hydrogen-bond donors (Lipinski definition) is 2. The number of nitrogens with zero attached hydrogens (tertiary/aromatic N) is 2. The first-order valence-corrected chi connectivity index (χ1v) is 19.1. The highest BCUT2D eigenvalue weighted by Crippen LogP contribution is 2.51. The fourth-order valence-corrected chi connectivity index (χ4v) is 8.06. The van der Waals surface area contributed by atoms with E-state index in [1.54, 1.807) is 26.4 Å². The van der Waals surface area contributed by atoms with E-state index in [2.05, 4.69) is 9.48 Å². The van der Waals surface area contributed by atoms with Crippen molar-refractivity contribution in [2.24, 2.45) is 0 Å². The zero-order valence-electron chi connectivity index (χ0n) is 28.6. The number of aliphatic carboxylic acids is 1. The molecule has 0 radical (unpaired) electrons. The summed E-state index contributed by atoms with van der Waals surface area (Å²) in [6.07, 6.45) is 8.85. The molecule has 49 heavy (non-hydrogen) atoms. The minimum atomic E-state index is -4.72. The highest BCUT2D eigenvalue weighted by Gasteiger charge is 2.48. The van der Waals surface area contributed by atoms with Gasteiger partial charge in [-0.1, -0.05) is 6.08 Å². The van der Waals surface area contributed by atoms with Crippen LogP contribution in [-0.4, -0.2) is 87.8 Å². The van der Waals surface area contributed by atoms with Gasteiger partial charge in [-0.3, -0.25) is 9.35 Å². The van der Waals surface area contributed by atoms with Crippen molar-refractivity contribution >= 4 is 43.3 Å². The van der Waals surface area contributed by atoms with Crippen LogP contribution in [-0.2, 0) is 45.3 Å². The first kappa shape index (κ1) is 38.4. The van der Waals surface area contributed by atoms with Crippen molar-refractivity contribution < 1.29 is 49.9 Å². The van der Waals surface area contributed by atoms with Crippen molar-refractivity contribution in [2.75, 3.05) is 45.4 Å². The molecule has 12 nitrogen and oxygen atoms in total. The largest absolute Gasteiger partial charge is 0.744 e. The lowest BCUT2D eigenvalue weighted by Gasteiger charge is -2.29. The molecule has 0 saturated heterocycles. The van der Waals surface area contributed by atoms with Gasteiger partial charge in [0.2, 0.25) is 5.69 Å². The van der Waals surface area contributed by atoms with E-state index in [9.17, 15) is 30.7 Å². The predicted octanol–water partition coefficient (Wildman–Crippen LogP) is 5.15. The van der Waals surface area contributed by atoms with E-state index in [0.29, 0.717) is 64.0 Å². The van der Waals surface area contributed by atoms with Gasteiger partial charge in [0, 0.05) is 81.3 Å². The zero-order valence-corrected chi connectivity index (χ0v) is 30.3. The summed E-state index contributed by atoms with van der Waals surface area (Å²) < 4.78 is 83.2. The van der Waals surface area contributed by atoms with Gasteiger partial charge in [0.25, 0.3) is 10.1 Å². The molecule has 2 unspecified atom stereocenters. The summed E-state index contributed by atoms with van der Waals surface area (Å²) in [6.45, 7) is 7.88. The normalized spacial score (nSPS) is 21.6. The third kappa shape index (κ3) is 8.00. The van der Waals surface area contributed by atoms with Gasteiger partial charge in [0.15, 0.2) is 5.71 Å². The van der Waals surface area contributed by atoms with Crippen LogP contribution in [0, 0.1) is 0 Å². The lowest BCUT2D eigenvalue weighted by Crippen LogP contribution is -2.33. The number of unbranched alkanes of at least 4 members (excludes halogenated alkanes) is 2. The average Bonchev–Trinajstić information content (AvgIpc) is 3.41. The highest BCUT2D eigenvalue weighted by molar-refractivity contribution is 7.86. The van der Waals surface area contributed by atoms with E-state index in [1.165, 1.54) is 24.3 Å². The Balaban J connectivity index is 1.86. The van der Waals surface area contributed by atoms with Gasteiger partial charge in [-0.05, 0) is 88.4 Å². The molecule has 0 spiro atoms. The maximum atomic E-state index is 12.1. The molecule has 268 valence electrons. The number of allylic oxidation sites excluding steroid dienone is 4. The lowest BCUT2D eigenvalue weighted by atomic mass is 9.76. The number of carboxylic acids is 1. The van der Waals surface area contributed by atoms with Crippen molar-refractivity contribution in [3.63, 3.8) is 0 Å². The Hall–Kier alpha value is -3.40. The van der Waals surface area contributed by atoms with Crippen LogP contribution in [0.1, 0.15) is 70.4 Å². The monoisotopic (exact) mass is 718 g/mol. The summed E-state index contributed by atoms with van der Waals surface area (Å²) in [5.74, 6) is -0.852. The minimum Gasteiger partial charge on any atom is -0.744 e. The Kier molecular flexibility index (Phi) is 11.9. The SMILES string of the molecule is CCN1/C(=C/C=C/C2=[N+](CCCCCC(=O)O)c3ccc(S(=O)(=O)[O-])cc3C2(C)CCOC)C(C)(CCOC)c2cc(S(=O)(=O)O)ccc21. The number of carboxylic acid groups (broad SMARTS) is 1. The van der Waals surface area contributed by atoms with Gasteiger partial charge < -0.3 is 24.0 Å². The standard InChI is InChI=1S/C35H46N2O10S2/c1-6-36-29-16-14-25(48(40,41)42)23-27(29)34(2,18-21-46-4)31(36)11-10-12-32-35(3,19-22-47-5)28-24-26(49(43,44)45)15-17-30(28)37(32)20-9-7-8-13-33(38)39/h10-12,14-17,23-24H,6-9,13,18-22H2,1-5H3,(H2-,38,39,40,41,42,43,44,45). The van der Waals surface area contributed by atoms with E-state index < -0.39 is 37.0 Å². The van der Waals surface area contributed by atoms with E-state index in [0.717, 1.165) is 28.3 Å². The van der Waals surface area contributed by atoms with Crippen molar-refractivity contribution in [3.05, 3.63) is 71.5 Å². The molecule has 2 aliphatic heterocycles. The van der Waals surface area contributed by atoms with Crippen LogP contribution in [0.25, 0.3) is 0 Å². The molecule has 0 fully saturated rings. The van der Waals surface area contributed by atoms with Crippen LogP contribution in [0.3, 0.4) is 0 Å². The van der Waals surface area contributed by atoms with Crippen molar-refractivity contribution in [1.29, 1.82) is 0 Å². The van der Waals surface area contributed by atoms with Gasteiger partial charge >= 0.3 is 5.97 Å². The minimum absolute atomic E-state index is 0.0702. The third-order valence-corrected chi connectivity index (χ3v) is 11.4. The van der Waals surface area contributed by atoms with Crippen molar-refractivity contribution in [3.8, 4) is 0 Å². The Bertz CT molecular complexity index is 1880. The molecular weight excluding hydrogens is 673 g/mol. The van der Waals surface area contributed by atoms with E-state index in [4.69, 9.17) is 14.6 Å². The molecule has 2 aliphatic rings. The van der Waals surface area contributed by atoms with E-state index in [-0.39, 0.29) is 16.2 Å². The number of anilines is 1. The van der Waals surface area contributed by atoms with Crippen LogP contribution in [0.5, 0.6) is 0 Å². The van der Waals surface area contributed by atoms with Crippen LogP contribution in [0.4, 0.5) is 11.4 Å². The summed E-state index contributed by atoms with van der Waals surface area (Å²) >= 11 is 0. The van der Waals surface area contributed by atoms with Gasteiger partial charge in [0.1, 0.15) is 16.7 Å². The fourth-order valence-electron chi connectivity index (χ4n) is 7.05. The number of rotatable bonds is 17. The average molecular weight is 719 g/mol. The number of ether oxygens (including phenoxy) is 2. The van der Waals surface area contributed by atoms with Gasteiger partial charge in [0.05, 0.1) is 15.2 Å². The van der Waals surface area contributed by atoms with Crippen LogP contribution in [0.15, 0.2) is 70.1 Å².